The number of carbonyl (C=O) groups excluding carboxylic acids is 2. The Bertz CT molecular complexity index is 359. The van der Waals surface area contributed by atoms with E-state index >= 15 is 0 Å². The summed E-state index contributed by atoms with van der Waals surface area (Å²) in [5.41, 5.74) is 0.457. The van der Waals surface area contributed by atoms with Crippen molar-refractivity contribution < 1.29 is 19.1 Å². The largest absolute Gasteiger partial charge is 0.377 e. The van der Waals surface area contributed by atoms with E-state index in [1.54, 1.807) is 30.3 Å². The normalized spacial score (nSPS) is 12.1. The Balaban J connectivity index is 2.82. The summed E-state index contributed by atoms with van der Waals surface area (Å²) in [6, 6.07) is 8.57. The van der Waals surface area contributed by atoms with E-state index in [0.29, 0.717) is 5.56 Å². The van der Waals surface area contributed by atoms with Crippen molar-refractivity contribution in [2.75, 3.05) is 20.8 Å². The van der Waals surface area contributed by atoms with E-state index in [1.165, 1.54) is 14.2 Å². The van der Waals surface area contributed by atoms with Crippen LogP contribution < -0.4 is 0 Å². The Labute approximate surface area is 94.2 Å². The second kappa shape index (κ2) is 6.15. The Hall–Kier alpha value is -1.52. The third kappa shape index (κ3) is 2.98. The number of ether oxygens (including phenoxy) is 2. The van der Waals surface area contributed by atoms with Gasteiger partial charge in [0.25, 0.3) is 0 Å². The number of benzene rings is 1. The first-order valence-corrected chi connectivity index (χ1v) is 4.84. The molecule has 0 spiro atoms. The number of carbonyl (C=O) groups is 2. The average Bonchev–Trinajstić information content (AvgIpc) is 2.31. The van der Waals surface area contributed by atoms with Crippen molar-refractivity contribution >= 4 is 11.6 Å². The van der Waals surface area contributed by atoms with Crippen LogP contribution >= 0.6 is 0 Å². The van der Waals surface area contributed by atoms with Crippen LogP contribution in [0, 0.1) is 0 Å². The lowest BCUT2D eigenvalue weighted by molar-refractivity contribution is -0.130. The van der Waals surface area contributed by atoms with Gasteiger partial charge in [-0.2, -0.15) is 0 Å². The second-order valence-electron chi connectivity index (χ2n) is 3.25. The van der Waals surface area contributed by atoms with E-state index in [0.717, 1.165) is 0 Å². The van der Waals surface area contributed by atoms with Crippen molar-refractivity contribution in [3.8, 4) is 0 Å². The summed E-state index contributed by atoms with van der Waals surface area (Å²) in [4.78, 5) is 23.4. The van der Waals surface area contributed by atoms with E-state index in [2.05, 4.69) is 0 Å². The van der Waals surface area contributed by atoms with Crippen molar-refractivity contribution in [2.45, 2.75) is 6.10 Å². The van der Waals surface area contributed by atoms with Gasteiger partial charge in [-0.25, -0.2) is 0 Å². The van der Waals surface area contributed by atoms with Gasteiger partial charge in [0.1, 0.15) is 6.61 Å². The SMILES string of the molecule is COCC(=O)C(OC)C(=O)c1ccccc1. The van der Waals surface area contributed by atoms with E-state index in [4.69, 9.17) is 9.47 Å². The fourth-order valence-corrected chi connectivity index (χ4v) is 1.36. The van der Waals surface area contributed by atoms with Crippen LogP contribution in [0.1, 0.15) is 10.4 Å². The molecule has 1 rings (SSSR count). The van der Waals surface area contributed by atoms with Gasteiger partial charge < -0.3 is 9.47 Å². The van der Waals surface area contributed by atoms with Gasteiger partial charge in [0.2, 0.25) is 0 Å². The standard InChI is InChI=1S/C12H14O4/c1-15-8-10(13)12(16-2)11(14)9-6-4-3-5-7-9/h3-7,12H,8H2,1-2H3. The number of hydrogen-bond acceptors (Lipinski definition) is 4. The highest BCUT2D eigenvalue weighted by molar-refractivity contribution is 6.13. The first-order valence-electron chi connectivity index (χ1n) is 4.84. The summed E-state index contributed by atoms with van der Waals surface area (Å²) in [7, 11) is 2.73. The molecule has 4 nitrogen and oxygen atoms in total. The maximum atomic E-state index is 11.9. The van der Waals surface area contributed by atoms with Crippen LogP contribution in [0.4, 0.5) is 0 Å². The van der Waals surface area contributed by atoms with Crippen LogP contribution in [-0.2, 0) is 14.3 Å². The maximum Gasteiger partial charge on any atom is 0.199 e. The molecule has 0 fully saturated rings. The molecule has 0 saturated heterocycles. The Morgan fingerprint density at radius 3 is 2.31 bits per heavy atom. The lowest BCUT2D eigenvalue weighted by Crippen LogP contribution is -2.34. The summed E-state index contributed by atoms with van der Waals surface area (Å²) in [6.45, 7) is -0.128. The molecule has 86 valence electrons. The molecule has 0 aliphatic rings. The molecule has 0 saturated carbocycles. The molecule has 1 atom stereocenters. The molecule has 16 heavy (non-hydrogen) atoms. The number of Topliss-reactive ketones (excluding diaryl/α,β-unsaturated/α-hetero) is 2. The lowest BCUT2D eigenvalue weighted by atomic mass is 10.0. The van der Waals surface area contributed by atoms with Gasteiger partial charge in [-0.15, -0.1) is 0 Å². The van der Waals surface area contributed by atoms with E-state index in [9.17, 15) is 9.59 Å². The molecule has 0 aliphatic carbocycles. The van der Waals surface area contributed by atoms with Gasteiger partial charge in [0, 0.05) is 19.8 Å². The molecule has 0 aliphatic heterocycles. The van der Waals surface area contributed by atoms with E-state index < -0.39 is 6.10 Å². The number of hydrogen-bond donors (Lipinski definition) is 0. The van der Waals surface area contributed by atoms with Gasteiger partial charge in [0.15, 0.2) is 17.7 Å². The first-order chi connectivity index (χ1) is 7.70. The monoisotopic (exact) mass is 222 g/mol. The molecule has 0 amide bonds. The summed E-state index contributed by atoms with van der Waals surface area (Å²) in [5, 5.41) is 0. The van der Waals surface area contributed by atoms with Gasteiger partial charge >= 0.3 is 0 Å². The van der Waals surface area contributed by atoms with E-state index in [1.807, 2.05) is 0 Å². The minimum atomic E-state index is -1.08. The summed E-state index contributed by atoms with van der Waals surface area (Å²) < 4.78 is 9.59. The quantitative estimate of drug-likeness (QED) is 0.534. The highest BCUT2D eigenvalue weighted by Gasteiger charge is 2.26. The zero-order valence-electron chi connectivity index (χ0n) is 9.30. The maximum absolute atomic E-state index is 11.9. The fourth-order valence-electron chi connectivity index (χ4n) is 1.36. The average molecular weight is 222 g/mol. The lowest BCUT2D eigenvalue weighted by Gasteiger charge is -2.12. The zero-order chi connectivity index (χ0) is 12.0. The van der Waals surface area contributed by atoms with Crippen molar-refractivity contribution in [2.24, 2.45) is 0 Å². The third-order valence-corrected chi connectivity index (χ3v) is 2.11. The number of methoxy groups -OCH3 is 2. The molecule has 1 unspecified atom stereocenters. The van der Waals surface area contributed by atoms with Crippen molar-refractivity contribution in [3.63, 3.8) is 0 Å². The molecule has 0 bridgehead atoms. The molecule has 1 aromatic carbocycles. The fraction of sp³-hybridized carbons (Fsp3) is 0.333. The molecule has 0 heterocycles. The smallest absolute Gasteiger partial charge is 0.199 e. The summed E-state index contributed by atoms with van der Waals surface area (Å²) in [5.74, 6) is -0.719. The van der Waals surface area contributed by atoms with Gasteiger partial charge in [0.05, 0.1) is 0 Å². The van der Waals surface area contributed by atoms with Crippen LogP contribution in [0.15, 0.2) is 30.3 Å². The molecule has 0 N–H and O–H groups in total. The van der Waals surface area contributed by atoms with Crippen molar-refractivity contribution in [1.29, 1.82) is 0 Å². The minimum absolute atomic E-state index is 0.128. The third-order valence-electron chi connectivity index (χ3n) is 2.11. The van der Waals surface area contributed by atoms with Crippen LogP contribution in [0.5, 0.6) is 0 Å². The Morgan fingerprint density at radius 2 is 1.81 bits per heavy atom. The highest BCUT2D eigenvalue weighted by atomic mass is 16.5. The minimum Gasteiger partial charge on any atom is -0.377 e. The Kier molecular flexibility index (Phi) is 4.82. The predicted octanol–water partition coefficient (Wildman–Crippen LogP) is 1.10. The van der Waals surface area contributed by atoms with Gasteiger partial charge in [-0.3, -0.25) is 9.59 Å². The topological polar surface area (TPSA) is 52.6 Å². The molecule has 1 aromatic rings. The molecule has 0 aromatic heterocycles. The summed E-state index contributed by atoms with van der Waals surface area (Å²) in [6.07, 6.45) is -1.08. The second-order valence-corrected chi connectivity index (χ2v) is 3.25. The Morgan fingerprint density at radius 1 is 1.19 bits per heavy atom. The van der Waals surface area contributed by atoms with Crippen LogP contribution in [0.2, 0.25) is 0 Å². The van der Waals surface area contributed by atoms with Crippen LogP contribution in [0.3, 0.4) is 0 Å². The first kappa shape index (κ1) is 12.5. The number of rotatable bonds is 6. The summed E-state index contributed by atoms with van der Waals surface area (Å²) >= 11 is 0. The molecular formula is C12H14O4. The van der Waals surface area contributed by atoms with Gasteiger partial charge in [-0.05, 0) is 0 Å². The molecular weight excluding hydrogens is 208 g/mol. The van der Waals surface area contributed by atoms with E-state index in [-0.39, 0.29) is 18.2 Å². The zero-order valence-corrected chi connectivity index (χ0v) is 9.30. The number of ketones is 2. The molecule has 0 radical (unpaired) electrons. The van der Waals surface area contributed by atoms with Crippen LogP contribution in [-0.4, -0.2) is 38.5 Å². The van der Waals surface area contributed by atoms with Crippen molar-refractivity contribution in [3.05, 3.63) is 35.9 Å². The van der Waals surface area contributed by atoms with Crippen LogP contribution in [0.25, 0.3) is 0 Å². The predicted molar refractivity (Wildman–Crippen MR) is 58.5 cm³/mol. The highest BCUT2D eigenvalue weighted by Crippen LogP contribution is 2.07. The van der Waals surface area contributed by atoms with Gasteiger partial charge in [-0.1, -0.05) is 30.3 Å². The van der Waals surface area contributed by atoms with Crippen molar-refractivity contribution in [1.82, 2.24) is 0 Å². The molecule has 4 heteroatoms.